The highest BCUT2D eigenvalue weighted by atomic mass is 31.2. The van der Waals surface area contributed by atoms with Crippen molar-refractivity contribution in [3.63, 3.8) is 0 Å². The molecule has 0 radical (unpaired) electrons. The lowest BCUT2D eigenvalue weighted by Gasteiger charge is -2.24. The fourth-order valence-corrected chi connectivity index (χ4v) is 6.17. The lowest BCUT2D eigenvalue weighted by atomic mass is 10.1. The third kappa shape index (κ3) is 36.5. The number of phosphoric ester groups is 1. The first-order valence-corrected chi connectivity index (χ1v) is 21.4. The number of unbranched alkanes of at least 4 members (excludes halogenated alkanes) is 21. The second-order valence-electron chi connectivity index (χ2n) is 14.7. The molecule has 48 heavy (non-hydrogen) atoms. The summed E-state index contributed by atoms with van der Waals surface area (Å²) in [6.45, 7) is 5.60. The number of esters is 1. The molecular formula is C39H79NO7P+. The van der Waals surface area contributed by atoms with Crippen LogP contribution in [-0.4, -0.2) is 75.6 Å². The Morgan fingerprint density at radius 1 is 0.625 bits per heavy atom. The Hall–Kier alpha value is -0.760. The monoisotopic (exact) mass is 705 g/mol. The van der Waals surface area contributed by atoms with E-state index in [9.17, 15) is 14.3 Å². The topological polar surface area (TPSA) is 91.3 Å². The summed E-state index contributed by atoms with van der Waals surface area (Å²) < 4.78 is 34.8. The quantitative estimate of drug-likeness (QED) is 0.0226. The molecule has 286 valence electrons. The fraction of sp³-hybridized carbons (Fsp3) is 0.923. The molecule has 0 amide bonds. The maximum Gasteiger partial charge on any atom is 0.472 e. The van der Waals surface area contributed by atoms with Crippen molar-refractivity contribution >= 4 is 13.8 Å². The zero-order chi connectivity index (χ0) is 35.6. The highest BCUT2D eigenvalue weighted by Crippen LogP contribution is 2.43. The summed E-state index contributed by atoms with van der Waals surface area (Å²) in [7, 11) is 1.67. The van der Waals surface area contributed by atoms with Crippen molar-refractivity contribution in [2.75, 3.05) is 54.1 Å². The molecule has 0 saturated heterocycles. The minimum absolute atomic E-state index is 0.0907. The van der Waals surface area contributed by atoms with Gasteiger partial charge < -0.3 is 18.9 Å². The molecule has 0 saturated carbocycles. The number of hydrogen-bond donors (Lipinski definition) is 1. The third-order valence-corrected chi connectivity index (χ3v) is 9.56. The van der Waals surface area contributed by atoms with Gasteiger partial charge in [0.1, 0.15) is 19.3 Å². The Bertz CT molecular complexity index is 787. The Balaban J connectivity index is 4.16. The molecule has 9 heteroatoms. The van der Waals surface area contributed by atoms with Crippen LogP contribution in [0.1, 0.15) is 174 Å². The van der Waals surface area contributed by atoms with Crippen LogP contribution in [0.3, 0.4) is 0 Å². The van der Waals surface area contributed by atoms with E-state index in [0.717, 1.165) is 32.1 Å². The molecule has 0 aliphatic heterocycles. The first-order chi connectivity index (χ1) is 23.1. The maximum absolute atomic E-state index is 12.5. The van der Waals surface area contributed by atoms with Crippen LogP contribution in [-0.2, 0) is 27.9 Å². The Labute approximate surface area is 297 Å². The number of quaternary nitrogens is 1. The Morgan fingerprint density at radius 2 is 1.08 bits per heavy atom. The number of phosphoric acid groups is 1. The van der Waals surface area contributed by atoms with Crippen LogP contribution < -0.4 is 0 Å². The van der Waals surface area contributed by atoms with Crippen molar-refractivity contribution in [2.24, 2.45) is 0 Å². The first kappa shape index (κ1) is 47.2. The van der Waals surface area contributed by atoms with E-state index < -0.39 is 13.9 Å². The third-order valence-electron chi connectivity index (χ3n) is 8.58. The smallest absolute Gasteiger partial charge is 0.457 e. The van der Waals surface area contributed by atoms with Gasteiger partial charge in [-0.25, -0.2) is 4.57 Å². The summed E-state index contributed by atoms with van der Waals surface area (Å²) in [5.41, 5.74) is 0. The van der Waals surface area contributed by atoms with E-state index in [1.165, 1.54) is 122 Å². The number of carbonyl (C=O) groups excluding carboxylic acids is 1. The number of ether oxygens (including phenoxy) is 2. The van der Waals surface area contributed by atoms with Gasteiger partial charge in [-0.1, -0.05) is 142 Å². The SMILES string of the molecule is CCCCCCCC/C=C\CCCCCCCCCCOCC(COP(=O)(O)OCC[N+](C)(C)C)OC(=O)CCCCCCCCCC. The molecule has 0 aliphatic carbocycles. The number of likely N-dealkylation sites (N-methyl/N-ethyl adjacent to an activating group) is 1. The van der Waals surface area contributed by atoms with Gasteiger partial charge in [-0.15, -0.1) is 0 Å². The zero-order valence-electron chi connectivity index (χ0n) is 32.2. The van der Waals surface area contributed by atoms with E-state index >= 15 is 0 Å². The molecular weight excluding hydrogens is 625 g/mol. The van der Waals surface area contributed by atoms with Crippen LogP contribution in [0.2, 0.25) is 0 Å². The van der Waals surface area contributed by atoms with E-state index in [0.29, 0.717) is 24.1 Å². The van der Waals surface area contributed by atoms with E-state index in [2.05, 4.69) is 26.0 Å². The predicted octanol–water partition coefficient (Wildman–Crippen LogP) is 11.1. The van der Waals surface area contributed by atoms with Gasteiger partial charge in [0.15, 0.2) is 0 Å². The molecule has 1 N–H and O–H groups in total. The van der Waals surface area contributed by atoms with Gasteiger partial charge in [-0.05, 0) is 38.5 Å². The van der Waals surface area contributed by atoms with Crippen molar-refractivity contribution in [3.05, 3.63) is 12.2 Å². The fourth-order valence-electron chi connectivity index (χ4n) is 5.43. The standard InChI is InChI=1S/C39H78NO7P/c1-6-8-10-12-14-16-17-18-19-20-21-22-23-24-25-27-29-31-34-44-36-38(37-46-48(42,43)45-35-33-40(3,4)5)47-39(41)32-30-28-26-15-13-11-9-7-2/h18-19,38H,6-17,20-37H2,1-5H3/p+1/b19-18-. The summed E-state index contributed by atoms with van der Waals surface area (Å²) in [5.74, 6) is -0.318. The van der Waals surface area contributed by atoms with Gasteiger partial charge in [0.2, 0.25) is 0 Å². The van der Waals surface area contributed by atoms with Crippen molar-refractivity contribution in [1.82, 2.24) is 0 Å². The maximum atomic E-state index is 12.5. The number of hydrogen-bond acceptors (Lipinski definition) is 6. The molecule has 0 aliphatic rings. The Morgan fingerprint density at radius 3 is 1.58 bits per heavy atom. The number of carbonyl (C=O) groups is 1. The molecule has 0 aromatic heterocycles. The van der Waals surface area contributed by atoms with Crippen molar-refractivity contribution in [3.8, 4) is 0 Å². The summed E-state index contributed by atoms with van der Waals surface area (Å²) in [6.07, 6.45) is 33.9. The van der Waals surface area contributed by atoms with Crippen molar-refractivity contribution in [2.45, 2.75) is 180 Å². The minimum atomic E-state index is -4.26. The van der Waals surface area contributed by atoms with Crippen LogP contribution in [0.15, 0.2) is 12.2 Å². The average molecular weight is 705 g/mol. The second kappa shape index (κ2) is 33.4. The lowest BCUT2D eigenvalue weighted by Crippen LogP contribution is -2.37. The first-order valence-electron chi connectivity index (χ1n) is 19.9. The van der Waals surface area contributed by atoms with Crippen molar-refractivity contribution < 1.29 is 37.3 Å². The number of nitrogens with zero attached hydrogens (tertiary/aromatic N) is 1. The molecule has 2 unspecified atom stereocenters. The highest BCUT2D eigenvalue weighted by molar-refractivity contribution is 7.47. The average Bonchev–Trinajstić information content (AvgIpc) is 3.03. The molecule has 0 aromatic rings. The van der Waals surface area contributed by atoms with Gasteiger partial charge in [-0.2, -0.15) is 0 Å². The van der Waals surface area contributed by atoms with E-state index in [1.807, 2.05) is 21.1 Å². The second-order valence-corrected chi connectivity index (χ2v) is 16.1. The molecule has 0 aromatic carbocycles. The molecule has 0 fully saturated rings. The van der Waals surface area contributed by atoms with E-state index in [1.54, 1.807) is 0 Å². The van der Waals surface area contributed by atoms with Gasteiger partial charge >= 0.3 is 13.8 Å². The molecule has 0 spiro atoms. The number of rotatable bonds is 37. The largest absolute Gasteiger partial charge is 0.472 e. The summed E-state index contributed by atoms with van der Waals surface area (Å²) in [5, 5.41) is 0. The zero-order valence-corrected chi connectivity index (χ0v) is 33.1. The molecule has 0 bridgehead atoms. The minimum Gasteiger partial charge on any atom is -0.457 e. The molecule has 0 rings (SSSR count). The molecule has 8 nitrogen and oxygen atoms in total. The van der Waals surface area contributed by atoms with Crippen LogP contribution >= 0.6 is 7.82 Å². The number of allylic oxidation sites excluding steroid dienone is 2. The summed E-state index contributed by atoms with van der Waals surface area (Å²) in [6, 6.07) is 0. The van der Waals surface area contributed by atoms with Gasteiger partial charge in [0.05, 0.1) is 34.4 Å². The highest BCUT2D eigenvalue weighted by Gasteiger charge is 2.26. The molecule has 2 atom stereocenters. The van der Waals surface area contributed by atoms with E-state index in [4.69, 9.17) is 18.5 Å². The van der Waals surface area contributed by atoms with Gasteiger partial charge in [0.25, 0.3) is 0 Å². The Kier molecular flexibility index (Phi) is 32.9. The van der Waals surface area contributed by atoms with E-state index in [-0.39, 0.29) is 25.8 Å². The van der Waals surface area contributed by atoms with Crippen LogP contribution in [0, 0.1) is 0 Å². The predicted molar refractivity (Wildman–Crippen MR) is 201 cm³/mol. The van der Waals surface area contributed by atoms with Crippen LogP contribution in [0.5, 0.6) is 0 Å². The molecule has 0 heterocycles. The van der Waals surface area contributed by atoms with Gasteiger partial charge in [0, 0.05) is 13.0 Å². The van der Waals surface area contributed by atoms with Gasteiger partial charge in [-0.3, -0.25) is 13.8 Å². The summed E-state index contributed by atoms with van der Waals surface area (Å²) in [4.78, 5) is 22.7. The summed E-state index contributed by atoms with van der Waals surface area (Å²) >= 11 is 0. The van der Waals surface area contributed by atoms with Crippen LogP contribution in [0.4, 0.5) is 0 Å². The normalized spacial score (nSPS) is 14.0. The lowest BCUT2D eigenvalue weighted by molar-refractivity contribution is -0.870. The van der Waals surface area contributed by atoms with Crippen molar-refractivity contribution in [1.29, 1.82) is 0 Å². The van der Waals surface area contributed by atoms with Crippen LogP contribution in [0.25, 0.3) is 0 Å².